The first kappa shape index (κ1) is 17.8. The van der Waals surface area contributed by atoms with E-state index in [0.29, 0.717) is 6.54 Å². The lowest BCUT2D eigenvalue weighted by molar-refractivity contribution is -0.126. The van der Waals surface area contributed by atoms with Gasteiger partial charge in [-0.25, -0.2) is 0 Å². The molecule has 0 bridgehead atoms. The van der Waals surface area contributed by atoms with Gasteiger partial charge in [0.15, 0.2) is 0 Å². The van der Waals surface area contributed by atoms with E-state index >= 15 is 0 Å². The molecule has 4 aliphatic rings. The van der Waals surface area contributed by atoms with E-state index in [2.05, 4.69) is 41.1 Å². The fraction of sp³-hybridized carbons (Fsp3) is 0.591. The number of piperidine rings is 1. The van der Waals surface area contributed by atoms with Gasteiger partial charge in [0, 0.05) is 29.8 Å². The Bertz CT molecular complexity index is 753. The highest BCUT2D eigenvalue weighted by molar-refractivity contribution is 8.03. The number of allylic oxidation sites excluding steroid dienone is 1. The van der Waals surface area contributed by atoms with Crippen molar-refractivity contribution in [3.8, 4) is 0 Å². The lowest BCUT2D eigenvalue weighted by Crippen LogP contribution is -2.59. The van der Waals surface area contributed by atoms with Gasteiger partial charge in [-0.05, 0) is 48.1 Å². The van der Waals surface area contributed by atoms with Gasteiger partial charge in [0.25, 0.3) is 0 Å². The zero-order valence-electron chi connectivity index (χ0n) is 15.5. The van der Waals surface area contributed by atoms with Crippen LogP contribution in [0.5, 0.6) is 0 Å². The smallest absolute Gasteiger partial charge is 0.234 e. The highest BCUT2D eigenvalue weighted by Gasteiger charge is 2.51. The molecule has 144 valence electrons. The van der Waals surface area contributed by atoms with Gasteiger partial charge in [-0.2, -0.15) is 0 Å². The maximum absolute atomic E-state index is 12.4. The Balaban J connectivity index is 1.47. The largest absolute Gasteiger partial charge is 0.392 e. The summed E-state index contributed by atoms with van der Waals surface area (Å²) in [6.45, 7) is 0.709. The summed E-state index contributed by atoms with van der Waals surface area (Å²) in [6, 6.07) is 9.04. The molecule has 2 heterocycles. The summed E-state index contributed by atoms with van der Waals surface area (Å²) in [5.74, 6) is 0.720. The summed E-state index contributed by atoms with van der Waals surface area (Å²) in [7, 11) is 0. The van der Waals surface area contributed by atoms with E-state index in [1.54, 1.807) is 11.8 Å². The second-order valence-corrected chi connectivity index (χ2v) is 9.84. The number of aliphatic hydroxyl groups is 1. The maximum Gasteiger partial charge on any atom is 0.234 e. The molecule has 1 aromatic carbocycles. The first-order chi connectivity index (χ1) is 13.1. The van der Waals surface area contributed by atoms with Gasteiger partial charge in [0.05, 0.1) is 11.4 Å². The van der Waals surface area contributed by atoms with Crippen molar-refractivity contribution in [3.05, 3.63) is 46.9 Å². The van der Waals surface area contributed by atoms with Gasteiger partial charge >= 0.3 is 0 Å². The summed E-state index contributed by atoms with van der Waals surface area (Å²) in [6.07, 6.45) is 7.08. The molecule has 4 nitrogen and oxygen atoms in total. The number of nitrogens with one attached hydrogen (secondary N) is 1. The normalized spacial score (nSPS) is 39.3. The predicted molar refractivity (Wildman–Crippen MR) is 108 cm³/mol. The number of carbonyl (C=O) groups is 1. The predicted octanol–water partition coefficient (Wildman–Crippen LogP) is 2.67. The van der Waals surface area contributed by atoms with Crippen molar-refractivity contribution in [2.45, 2.75) is 60.8 Å². The average molecular weight is 385 g/mol. The second-order valence-electron chi connectivity index (χ2n) is 8.79. The number of benzene rings is 1. The van der Waals surface area contributed by atoms with Gasteiger partial charge in [-0.1, -0.05) is 36.8 Å². The van der Waals surface area contributed by atoms with E-state index in [1.165, 1.54) is 30.4 Å². The van der Waals surface area contributed by atoms with Crippen molar-refractivity contribution in [1.29, 1.82) is 0 Å². The molecule has 0 radical (unpaired) electrons. The van der Waals surface area contributed by atoms with Gasteiger partial charge < -0.3 is 16.2 Å². The minimum atomic E-state index is -0.348. The molecule has 6 unspecified atom stereocenters. The summed E-state index contributed by atoms with van der Waals surface area (Å²) in [5.41, 5.74) is 8.78. The van der Waals surface area contributed by atoms with E-state index in [0.717, 1.165) is 12.8 Å². The Morgan fingerprint density at radius 1 is 1.22 bits per heavy atom. The van der Waals surface area contributed by atoms with Gasteiger partial charge in [-0.3, -0.25) is 4.79 Å². The summed E-state index contributed by atoms with van der Waals surface area (Å²) >= 11 is 1.62. The molecule has 6 atom stereocenters. The Morgan fingerprint density at radius 2 is 2.00 bits per heavy atom. The van der Waals surface area contributed by atoms with Crippen LogP contribution in [0.2, 0.25) is 0 Å². The third kappa shape index (κ3) is 2.70. The number of rotatable bonds is 3. The standard InChI is InChI=1S/C22H28N2O2S/c23-12-22(9-1-10-22)14-4-2-13(3-5-14)18-17(25)7-6-16-19(18)15-8-11-27-20(15)21(26)24-16/h2-5,8,11,15-20,25H,1,6-7,9-10,12,23H2,(H,24,26). The van der Waals surface area contributed by atoms with Crippen LogP contribution in [0.4, 0.5) is 0 Å². The van der Waals surface area contributed by atoms with E-state index < -0.39 is 0 Å². The number of aliphatic hydroxyl groups excluding tert-OH is 1. The number of nitrogens with two attached hydrogens (primary N) is 1. The fourth-order valence-corrected chi connectivity index (χ4v) is 6.95. The van der Waals surface area contributed by atoms with Crippen LogP contribution in [0.15, 0.2) is 35.7 Å². The lowest BCUT2D eigenvalue weighted by atomic mass is 9.62. The third-order valence-corrected chi connectivity index (χ3v) is 8.72. The molecule has 2 aliphatic carbocycles. The zero-order chi connectivity index (χ0) is 18.6. The lowest BCUT2D eigenvalue weighted by Gasteiger charge is -2.48. The number of amides is 1. The minimum Gasteiger partial charge on any atom is -0.392 e. The summed E-state index contributed by atoms with van der Waals surface area (Å²) in [4.78, 5) is 12.4. The van der Waals surface area contributed by atoms with Crippen molar-refractivity contribution in [2.75, 3.05) is 6.54 Å². The highest BCUT2D eigenvalue weighted by atomic mass is 32.2. The number of hydrogen-bond donors (Lipinski definition) is 3. The molecule has 2 aliphatic heterocycles. The van der Waals surface area contributed by atoms with Crippen LogP contribution >= 0.6 is 11.8 Å². The monoisotopic (exact) mass is 384 g/mol. The SMILES string of the molecule is NCC1(c2ccc(C3C(O)CCC4NC(=O)C5SC=CC5C43)cc2)CCC1. The second kappa shape index (κ2) is 6.64. The molecule has 5 heteroatoms. The number of thioether (sulfide) groups is 1. The molecule has 1 aromatic rings. The van der Waals surface area contributed by atoms with E-state index in [1.807, 2.05) is 0 Å². The van der Waals surface area contributed by atoms with Crippen LogP contribution in [-0.4, -0.2) is 35.0 Å². The molecule has 5 rings (SSSR count). The van der Waals surface area contributed by atoms with Crippen molar-refractivity contribution >= 4 is 17.7 Å². The maximum atomic E-state index is 12.4. The first-order valence-corrected chi connectivity index (χ1v) is 11.2. The molecule has 4 N–H and O–H groups in total. The summed E-state index contributed by atoms with van der Waals surface area (Å²) < 4.78 is 0. The Hall–Kier alpha value is -1.30. The number of hydrogen-bond acceptors (Lipinski definition) is 4. The Kier molecular flexibility index (Phi) is 4.37. The van der Waals surface area contributed by atoms with E-state index in [9.17, 15) is 9.90 Å². The van der Waals surface area contributed by atoms with Crippen molar-refractivity contribution in [2.24, 2.45) is 17.6 Å². The minimum absolute atomic E-state index is 0.0335. The molecule has 0 aromatic heterocycles. The van der Waals surface area contributed by atoms with E-state index in [-0.39, 0.29) is 46.5 Å². The number of carbonyl (C=O) groups excluding carboxylic acids is 1. The van der Waals surface area contributed by atoms with Crippen molar-refractivity contribution in [3.63, 3.8) is 0 Å². The average Bonchev–Trinajstić information content (AvgIpc) is 3.13. The Morgan fingerprint density at radius 3 is 2.67 bits per heavy atom. The van der Waals surface area contributed by atoms with Gasteiger partial charge in [0.2, 0.25) is 5.91 Å². The van der Waals surface area contributed by atoms with Crippen LogP contribution in [0.1, 0.15) is 49.1 Å². The van der Waals surface area contributed by atoms with Crippen molar-refractivity contribution in [1.82, 2.24) is 5.32 Å². The molecule has 1 amide bonds. The zero-order valence-corrected chi connectivity index (χ0v) is 16.3. The van der Waals surface area contributed by atoms with Crippen LogP contribution < -0.4 is 11.1 Å². The first-order valence-electron chi connectivity index (χ1n) is 10.2. The molecular formula is C22H28N2O2S. The molecule has 1 saturated heterocycles. The molecule has 27 heavy (non-hydrogen) atoms. The van der Waals surface area contributed by atoms with E-state index in [4.69, 9.17) is 5.73 Å². The number of fused-ring (bicyclic) bond motifs is 3. The molecular weight excluding hydrogens is 356 g/mol. The van der Waals surface area contributed by atoms with Crippen LogP contribution in [0, 0.1) is 11.8 Å². The molecule has 0 spiro atoms. The topological polar surface area (TPSA) is 75.3 Å². The highest BCUT2D eigenvalue weighted by Crippen LogP contribution is 2.50. The van der Waals surface area contributed by atoms with Crippen LogP contribution in [0.3, 0.4) is 0 Å². The molecule has 3 fully saturated rings. The van der Waals surface area contributed by atoms with Crippen LogP contribution in [0.25, 0.3) is 0 Å². The quantitative estimate of drug-likeness (QED) is 0.749. The Labute approximate surface area is 165 Å². The van der Waals surface area contributed by atoms with Crippen LogP contribution in [-0.2, 0) is 10.2 Å². The fourth-order valence-electron chi connectivity index (χ4n) is 5.87. The van der Waals surface area contributed by atoms with Crippen molar-refractivity contribution < 1.29 is 9.90 Å². The summed E-state index contributed by atoms with van der Waals surface area (Å²) in [5, 5.41) is 16.2. The molecule has 2 saturated carbocycles. The van der Waals surface area contributed by atoms with Gasteiger partial charge in [-0.15, -0.1) is 11.8 Å². The van der Waals surface area contributed by atoms with Gasteiger partial charge in [0.1, 0.15) is 0 Å². The third-order valence-electron chi connectivity index (χ3n) is 7.58.